The van der Waals surface area contributed by atoms with E-state index in [4.69, 9.17) is 4.52 Å². The highest BCUT2D eigenvalue weighted by molar-refractivity contribution is 5.91. The Bertz CT molecular complexity index is 1240. The Labute approximate surface area is 178 Å². The molecular formula is C22H25N5O4. The number of hydrogen-bond donors (Lipinski definition) is 1. The van der Waals surface area contributed by atoms with Gasteiger partial charge in [-0.3, -0.25) is 18.7 Å². The first-order valence-corrected chi connectivity index (χ1v) is 10.5. The van der Waals surface area contributed by atoms with Gasteiger partial charge in [0, 0.05) is 24.8 Å². The first-order valence-electron chi connectivity index (χ1n) is 10.5. The Morgan fingerprint density at radius 1 is 1.19 bits per heavy atom. The normalized spacial score (nSPS) is 13.5. The molecule has 0 atom stereocenters. The Balaban J connectivity index is 1.77. The lowest BCUT2D eigenvalue weighted by Crippen LogP contribution is -2.44. The number of aromatic nitrogens is 4. The molecule has 0 radical (unpaired) electrons. The van der Waals surface area contributed by atoms with Crippen molar-refractivity contribution in [1.82, 2.24) is 19.3 Å². The zero-order valence-electron chi connectivity index (χ0n) is 17.7. The molecule has 31 heavy (non-hydrogen) atoms. The second-order valence-electron chi connectivity index (χ2n) is 7.65. The Hall–Kier alpha value is -3.49. The second kappa shape index (κ2) is 8.71. The van der Waals surface area contributed by atoms with Crippen molar-refractivity contribution < 1.29 is 9.32 Å². The number of fused-ring (bicyclic) bond motifs is 1. The van der Waals surface area contributed by atoms with E-state index >= 15 is 0 Å². The van der Waals surface area contributed by atoms with Gasteiger partial charge in [0.15, 0.2) is 0 Å². The van der Waals surface area contributed by atoms with Crippen LogP contribution in [0.2, 0.25) is 0 Å². The van der Waals surface area contributed by atoms with E-state index in [1.807, 2.05) is 25.1 Å². The van der Waals surface area contributed by atoms with E-state index in [0.717, 1.165) is 35.8 Å². The van der Waals surface area contributed by atoms with Crippen molar-refractivity contribution in [3.05, 3.63) is 62.3 Å². The molecule has 1 aliphatic rings. The van der Waals surface area contributed by atoms with Gasteiger partial charge in [-0.1, -0.05) is 36.7 Å². The van der Waals surface area contributed by atoms with Crippen molar-refractivity contribution in [1.29, 1.82) is 0 Å². The highest BCUT2D eigenvalue weighted by atomic mass is 16.5. The maximum Gasteiger partial charge on any atom is 0.331 e. The first kappa shape index (κ1) is 20.8. The summed E-state index contributed by atoms with van der Waals surface area (Å²) >= 11 is 0. The summed E-state index contributed by atoms with van der Waals surface area (Å²) in [6, 6.07) is 7.46. The van der Waals surface area contributed by atoms with Gasteiger partial charge in [0.2, 0.25) is 17.6 Å². The lowest BCUT2D eigenvalue weighted by molar-refractivity contribution is -0.116. The lowest BCUT2D eigenvalue weighted by Gasteiger charge is -2.16. The van der Waals surface area contributed by atoms with Crippen LogP contribution in [0.5, 0.6) is 0 Å². The van der Waals surface area contributed by atoms with Crippen LogP contribution >= 0.6 is 0 Å². The molecular weight excluding hydrogens is 398 g/mol. The maximum absolute atomic E-state index is 13.3. The predicted octanol–water partition coefficient (Wildman–Crippen LogP) is 2.30. The fourth-order valence-corrected chi connectivity index (χ4v) is 4.02. The van der Waals surface area contributed by atoms with E-state index in [9.17, 15) is 14.4 Å². The molecule has 1 amide bonds. The summed E-state index contributed by atoms with van der Waals surface area (Å²) in [4.78, 5) is 43.5. The van der Waals surface area contributed by atoms with E-state index in [2.05, 4.69) is 15.5 Å². The van der Waals surface area contributed by atoms with E-state index in [1.165, 1.54) is 0 Å². The van der Waals surface area contributed by atoms with Gasteiger partial charge in [0.25, 0.3) is 5.56 Å². The summed E-state index contributed by atoms with van der Waals surface area (Å²) < 4.78 is 7.63. The molecule has 9 nitrogen and oxygen atoms in total. The molecule has 1 aliphatic heterocycles. The standard InChI is InChI=1S/C22H25N5O4/c1-3-15-9-6-7-10-16(15)24-18(28)13-27-21(29)19(20-23-14(2)31-25-20)17-11-5-4-8-12-26(17)22(27)30/h6-7,9-10H,3-5,8,11-13H2,1-2H3,(H,24,28). The van der Waals surface area contributed by atoms with Crippen molar-refractivity contribution in [2.24, 2.45) is 0 Å². The summed E-state index contributed by atoms with van der Waals surface area (Å²) in [6.07, 6.45) is 3.96. The van der Waals surface area contributed by atoms with Gasteiger partial charge >= 0.3 is 5.69 Å². The number of carbonyl (C=O) groups is 1. The Kier molecular flexibility index (Phi) is 5.83. The third kappa shape index (κ3) is 4.08. The average molecular weight is 423 g/mol. The fraction of sp³-hybridized carbons (Fsp3) is 0.409. The van der Waals surface area contributed by atoms with Crippen molar-refractivity contribution in [2.75, 3.05) is 5.32 Å². The number of rotatable bonds is 5. The first-order chi connectivity index (χ1) is 15.0. The molecule has 3 aromatic rings. The smallest absolute Gasteiger partial charge is 0.331 e. The number of para-hydroxylation sites is 1. The number of anilines is 1. The van der Waals surface area contributed by atoms with Gasteiger partial charge in [-0.15, -0.1) is 0 Å². The average Bonchev–Trinajstić information content (AvgIpc) is 3.03. The number of amides is 1. The monoisotopic (exact) mass is 423 g/mol. The quantitative estimate of drug-likeness (QED) is 0.674. The zero-order chi connectivity index (χ0) is 22.0. The third-order valence-corrected chi connectivity index (χ3v) is 5.56. The molecule has 1 N–H and O–H groups in total. The third-order valence-electron chi connectivity index (χ3n) is 5.56. The highest BCUT2D eigenvalue weighted by Crippen LogP contribution is 2.21. The lowest BCUT2D eigenvalue weighted by atomic mass is 10.1. The van der Waals surface area contributed by atoms with Crippen LogP contribution < -0.4 is 16.6 Å². The number of hydrogen-bond acceptors (Lipinski definition) is 6. The SMILES string of the molecule is CCc1ccccc1NC(=O)Cn1c(=O)c(-c2noc(C)n2)c2n(c1=O)CCCCC2. The molecule has 0 aliphatic carbocycles. The van der Waals surface area contributed by atoms with Crippen LogP contribution in [0.25, 0.3) is 11.4 Å². The minimum atomic E-state index is -0.571. The summed E-state index contributed by atoms with van der Waals surface area (Å²) in [5, 5.41) is 6.73. The minimum absolute atomic E-state index is 0.152. The van der Waals surface area contributed by atoms with Gasteiger partial charge in [0.05, 0.1) is 0 Å². The van der Waals surface area contributed by atoms with Crippen LogP contribution in [0.3, 0.4) is 0 Å². The zero-order valence-corrected chi connectivity index (χ0v) is 17.7. The number of benzene rings is 1. The topological polar surface area (TPSA) is 112 Å². The van der Waals surface area contributed by atoms with Gasteiger partial charge in [0.1, 0.15) is 12.1 Å². The molecule has 0 bridgehead atoms. The molecule has 0 saturated carbocycles. The van der Waals surface area contributed by atoms with Crippen molar-refractivity contribution in [3.8, 4) is 11.4 Å². The summed E-state index contributed by atoms with van der Waals surface area (Å²) in [5.41, 5.74) is 1.45. The van der Waals surface area contributed by atoms with Crippen molar-refractivity contribution in [3.63, 3.8) is 0 Å². The van der Waals surface area contributed by atoms with Crippen LogP contribution in [-0.2, 0) is 30.7 Å². The van der Waals surface area contributed by atoms with Crippen molar-refractivity contribution >= 4 is 11.6 Å². The Morgan fingerprint density at radius 2 is 2.00 bits per heavy atom. The molecule has 0 spiro atoms. The summed E-state index contributed by atoms with van der Waals surface area (Å²) in [6.45, 7) is 3.73. The van der Waals surface area contributed by atoms with Gasteiger partial charge in [-0.2, -0.15) is 4.98 Å². The van der Waals surface area contributed by atoms with Crippen LogP contribution in [0.15, 0.2) is 38.4 Å². The Morgan fingerprint density at radius 3 is 2.74 bits per heavy atom. The molecule has 0 unspecified atom stereocenters. The molecule has 2 aromatic heterocycles. The fourth-order valence-electron chi connectivity index (χ4n) is 4.02. The number of nitrogens with zero attached hydrogens (tertiary/aromatic N) is 4. The van der Waals surface area contributed by atoms with Crippen LogP contribution in [0.1, 0.15) is 43.3 Å². The van der Waals surface area contributed by atoms with Gasteiger partial charge in [-0.05, 0) is 37.3 Å². The minimum Gasteiger partial charge on any atom is -0.339 e. The highest BCUT2D eigenvalue weighted by Gasteiger charge is 2.25. The molecule has 162 valence electrons. The van der Waals surface area contributed by atoms with Crippen LogP contribution in [0, 0.1) is 6.92 Å². The molecule has 9 heteroatoms. The summed E-state index contributed by atoms with van der Waals surface area (Å²) in [5.74, 6) is 0.0385. The molecule has 0 saturated heterocycles. The maximum atomic E-state index is 13.3. The van der Waals surface area contributed by atoms with Gasteiger partial charge in [-0.25, -0.2) is 4.79 Å². The van der Waals surface area contributed by atoms with Crippen LogP contribution in [-0.4, -0.2) is 25.2 Å². The van der Waals surface area contributed by atoms with E-state index in [1.54, 1.807) is 17.6 Å². The van der Waals surface area contributed by atoms with E-state index in [0.29, 0.717) is 30.2 Å². The van der Waals surface area contributed by atoms with Crippen molar-refractivity contribution in [2.45, 2.75) is 59.0 Å². The summed E-state index contributed by atoms with van der Waals surface area (Å²) in [7, 11) is 0. The molecule has 3 heterocycles. The number of aryl methyl sites for hydroxylation is 2. The molecule has 0 fully saturated rings. The number of carbonyl (C=O) groups excluding carboxylic acids is 1. The predicted molar refractivity (Wildman–Crippen MR) is 115 cm³/mol. The largest absolute Gasteiger partial charge is 0.339 e. The second-order valence-corrected chi connectivity index (χ2v) is 7.65. The van der Waals surface area contributed by atoms with Crippen LogP contribution in [0.4, 0.5) is 5.69 Å². The molecule has 4 rings (SSSR count). The number of nitrogens with one attached hydrogen (secondary N) is 1. The van der Waals surface area contributed by atoms with E-state index in [-0.39, 0.29) is 17.9 Å². The molecule has 1 aromatic carbocycles. The van der Waals surface area contributed by atoms with E-state index < -0.39 is 17.2 Å². The van der Waals surface area contributed by atoms with Gasteiger partial charge < -0.3 is 9.84 Å².